The molecule has 0 aromatic heterocycles. The third-order valence-electron chi connectivity index (χ3n) is 2.87. The maximum Gasteiger partial charge on any atom is 0.311 e. The summed E-state index contributed by atoms with van der Waals surface area (Å²) in [5.74, 6) is -0.216. The highest BCUT2D eigenvalue weighted by atomic mass is 35.5. The van der Waals surface area contributed by atoms with Crippen molar-refractivity contribution in [2.75, 3.05) is 6.54 Å². The number of nitro benzene ring substituents is 1. The first-order valence-electron chi connectivity index (χ1n) is 5.96. The van der Waals surface area contributed by atoms with Crippen LogP contribution in [-0.4, -0.2) is 23.5 Å². The van der Waals surface area contributed by atoms with Crippen LogP contribution in [0.2, 0.25) is 5.02 Å². The number of hydrogen-bond donors (Lipinski definition) is 1. The average molecular weight is 285 g/mol. The Morgan fingerprint density at radius 2 is 2.21 bits per heavy atom. The summed E-state index contributed by atoms with van der Waals surface area (Å²) in [4.78, 5) is 22.1. The lowest BCUT2D eigenvalue weighted by Gasteiger charge is -2.15. The van der Waals surface area contributed by atoms with Gasteiger partial charge in [0.05, 0.1) is 4.92 Å². The molecule has 2 rings (SSSR count). The summed E-state index contributed by atoms with van der Waals surface area (Å²) >= 11 is 5.80. The normalized spacial score (nSPS) is 19.4. The number of nitrogens with zero attached hydrogens (tertiary/aromatic N) is 1. The number of carbonyl (C=O) groups is 1. The van der Waals surface area contributed by atoms with Crippen LogP contribution in [0.4, 0.5) is 5.69 Å². The van der Waals surface area contributed by atoms with Gasteiger partial charge in [0.2, 0.25) is 0 Å². The number of amides is 1. The van der Waals surface area contributed by atoms with Crippen molar-refractivity contribution in [2.45, 2.75) is 25.4 Å². The first kappa shape index (κ1) is 13.6. The molecule has 0 saturated carbocycles. The third kappa shape index (κ3) is 3.35. The fraction of sp³-hybridized carbons (Fsp3) is 0.417. The number of hydrogen-bond acceptors (Lipinski definition) is 4. The van der Waals surface area contributed by atoms with Gasteiger partial charge >= 0.3 is 5.69 Å². The standard InChI is InChI=1S/C12H13ClN2O4/c13-8-4-5-9(15(17)18)11(7-8)19-10-3-1-2-6-14-12(10)16/h4-5,7,10H,1-3,6H2,(H,14,16). The first-order chi connectivity index (χ1) is 9.08. The average Bonchev–Trinajstić information content (AvgIpc) is 2.55. The van der Waals surface area contributed by atoms with Gasteiger partial charge in [0.1, 0.15) is 0 Å². The molecule has 1 heterocycles. The van der Waals surface area contributed by atoms with E-state index in [0.717, 1.165) is 12.8 Å². The second-order valence-electron chi connectivity index (χ2n) is 4.26. The lowest BCUT2D eigenvalue weighted by Crippen LogP contribution is -2.36. The molecule has 0 spiro atoms. The molecule has 7 heteroatoms. The molecule has 6 nitrogen and oxygen atoms in total. The van der Waals surface area contributed by atoms with Crippen LogP contribution in [0, 0.1) is 10.1 Å². The van der Waals surface area contributed by atoms with Crippen molar-refractivity contribution < 1.29 is 14.5 Å². The molecule has 102 valence electrons. The Kier molecular flexibility index (Phi) is 4.21. The molecule has 1 saturated heterocycles. The summed E-state index contributed by atoms with van der Waals surface area (Å²) in [6, 6.07) is 4.05. The van der Waals surface area contributed by atoms with Gasteiger partial charge in [0, 0.05) is 23.7 Å². The first-order valence-corrected chi connectivity index (χ1v) is 6.34. The summed E-state index contributed by atoms with van der Waals surface area (Å²) in [6.45, 7) is 0.607. The van der Waals surface area contributed by atoms with Crippen molar-refractivity contribution in [2.24, 2.45) is 0 Å². The molecule has 1 amide bonds. The van der Waals surface area contributed by atoms with Crippen LogP contribution in [0.1, 0.15) is 19.3 Å². The summed E-state index contributed by atoms with van der Waals surface area (Å²) in [7, 11) is 0. The number of ether oxygens (including phenoxy) is 1. The second kappa shape index (κ2) is 5.88. The Morgan fingerprint density at radius 1 is 1.42 bits per heavy atom. The smallest absolute Gasteiger partial charge is 0.311 e. The van der Waals surface area contributed by atoms with Crippen molar-refractivity contribution in [3.8, 4) is 5.75 Å². The zero-order valence-corrected chi connectivity index (χ0v) is 10.9. The number of nitrogens with one attached hydrogen (secondary N) is 1. The van der Waals surface area contributed by atoms with Gasteiger partial charge in [-0.2, -0.15) is 0 Å². The molecule has 1 aliphatic rings. The zero-order chi connectivity index (χ0) is 13.8. The predicted octanol–water partition coefficient (Wildman–Crippen LogP) is 2.30. The number of halogens is 1. The SMILES string of the molecule is O=C1NCCCCC1Oc1cc(Cl)ccc1[N+](=O)[O-]. The van der Waals surface area contributed by atoms with E-state index in [9.17, 15) is 14.9 Å². The van der Waals surface area contributed by atoms with Crippen molar-refractivity contribution in [3.05, 3.63) is 33.3 Å². The molecule has 0 bridgehead atoms. The van der Waals surface area contributed by atoms with E-state index in [-0.39, 0.29) is 17.3 Å². The zero-order valence-electron chi connectivity index (χ0n) is 10.1. The maximum absolute atomic E-state index is 11.7. The topological polar surface area (TPSA) is 81.5 Å². The highest BCUT2D eigenvalue weighted by Gasteiger charge is 2.26. The Balaban J connectivity index is 2.23. The minimum atomic E-state index is -0.709. The number of carbonyl (C=O) groups excluding carboxylic acids is 1. The van der Waals surface area contributed by atoms with Crippen LogP contribution < -0.4 is 10.1 Å². The van der Waals surface area contributed by atoms with Crippen molar-refractivity contribution in [1.82, 2.24) is 5.32 Å². The Bertz CT molecular complexity index is 507. The van der Waals surface area contributed by atoms with Crippen molar-refractivity contribution in [3.63, 3.8) is 0 Å². The van der Waals surface area contributed by atoms with Gasteiger partial charge in [0.15, 0.2) is 11.9 Å². The quantitative estimate of drug-likeness (QED) is 0.682. The molecule has 1 N–H and O–H groups in total. The van der Waals surface area contributed by atoms with Gasteiger partial charge in [0.25, 0.3) is 5.91 Å². The predicted molar refractivity (Wildman–Crippen MR) is 69.4 cm³/mol. The van der Waals surface area contributed by atoms with E-state index < -0.39 is 11.0 Å². The van der Waals surface area contributed by atoms with E-state index in [1.807, 2.05) is 0 Å². The fourth-order valence-electron chi connectivity index (χ4n) is 1.91. The van der Waals surface area contributed by atoms with Gasteiger partial charge in [-0.25, -0.2) is 0 Å². The molecular weight excluding hydrogens is 272 g/mol. The lowest BCUT2D eigenvalue weighted by atomic mass is 10.2. The van der Waals surface area contributed by atoms with E-state index in [4.69, 9.17) is 16.3 Å². The Morgan fingerprint density at radius 3 is 2.95 bits per heavy atom. The summed E-state index contributed by atoms with van der Waals surface area (Å²) in [6.07, 6.45) is 1.54. The monoisotopic (exact) mass is 284 g/mol. The van der Waals surface area contributed by atoms with Crippen LogP contribution in [0.5, 0.6) is 5.75 Å². The maximum atomic E-state index is 11.7. The van der Waals surface area contributed by atoms with Crippen molar-refractivity contribution >= 4 is 23.2 Å². The molecule has 0 aliphatic carbocycles. The molecular formula is C12H13ClN2O4. The van der Waals surface area contributed by atoms with E-state index >= 15 is 0 Å². The molecule has 1 aromatic carbocycles. The third-order valence-corrected chi connectivity index (χ3v) is 3.11. The summed E-state index contributed by atoms with van der Waals surface area (Å²) in [5.41, 5.74) is -0.193. The molecule has 19 heavy (non-hydrogen) atoms. The number of rotatable bonds is 3. The highest BCUT2D eigenvalue weighted by Crippen LogP contribution is 2.31. The van der Waals surface area contributed by atoms with E-state index in [2.05, 4.69) is 5.32 Å². The number of nitro groups is 1. The van der Waals surface area contributed by atoms with E-state index in [1.54, 1.807) is 0 Å². The van der Waals surface area contributed by atoms with Gasteiger partial charge < -0.3 is 10.1 Å². The van der Waals surface area contributed by atoms with Crippen LogP contribution in [0.25, 0.3) is 0 Å². The Hall–Kier alpha value is -1.82. The molecule has 1 fully saturated rings. The molecule has 1 unspecified atom stereocenters. The van der Waals surface area contributed by atoms with Gasteiger partial charge in [-0.15, -0.1) is 0 Å². The van der Waals surface area contributed by atoms with E-state index in [0.29, 0.717) is 18.0 Å². The van der Waals surface area contributed by atoms with Crippen LogP contribution in [-0.2, 0) is 4.79 Å². The van der Waals surface area contributed by atoms with Crippen molar-refractivity contribution in [1.29, 1.82) is 0 Å². The largest absolute Gasteiger partial charge is 0.473 e. The minimum Gasteiger partial charge on any atom is -0.473 e. The van der Waals surface area contributed by atoms with Gasteiger partial charge in [-0.3, -0.25) is 14.9 Å². The lowest BCUT2D eigenvalue weighted by molar-refractivity contribution is -0.386. The van der Waals surface area contributed by atoms with Gasteiger partial charge in [-0.1, -0.05) is 11.6 Å². The molecule has 0 radical (unpaired) electrons. The van der Waals surface area contributed by atoms with E-state index in [1.165, 1.54) is 18.2 Å². The highest BCUT2D eigenvalue weighted by molar-refractivity contribution is 6.30. The minimum absolute atomic E-state index is 0.0274. The summed E-state index contributed by atoms with van der Waals surface area (Å²) < 4.78 is 5.48. The Labute approximate surface area is 114 Å². The molecule has 1 atom stereocenters. The second-order valence-corrected chi connectivity index (χ2v) is 4.70. The van der Waals surface area contributed by atoms with Crippen LogP contribution >= 0.6 is 11.6 Å². The van der Waals surface area contributed by atoms with Crippen LogP contribution in [0.15, 0.2) is 18.2 Å². The fourth-order valence-corrected chi connectivity index (χ4v) is 2.07. The summed E-state index contributed by atoms with van der Waals surface area (Å²) in [5, 5.41) is 13.9. The molecule has 1 aliphatic heterocycles. The number of benzene rings is 1. The van der Waals surface area contributed by atoms with Gasteiger partial charge in [-0.05, 0) is 25.3 Å². The molecule has 1 aromatic rings. The van der Waals surface area contributed by atoms with Crippen LogP contribution in [0.3, 0.4) is 0 Å².